The first-order valence-corrected chi connectivity index (χ1v) is 7.37. The smallest absolute Gasteiger partial charge is 0.272 e. The molecule has 0 fully saturated rings. The van der Waals surface area contributed by atoms with E-state index < -0.39 is 0 Å². The molecule has 0 saturated heterocycles. The molecule has 0 saturated carbocycles. The fourth-order valence-corrected chi connectivity index (χ4v) is 2.46. The Kier molecular flexibility index (Phi) is 6.61. The standard InChI is InChI=1S/C15H13N2.C5H5.Fe/c1-2-7-13(8-3-1)15(14-9-4-5-10-14)17-12-6-11-16-17;1-2-4-5-3-1;/h1-12,15H;1-5H;/q2*-1;+2. The molecule has 0 N–H and O–H groups in total. The van der Waals surface area contributed by atoms with Crippen LogP contribution in [0, 0.1) is 0 Å². The van der Waals surface area contributed by atoms with Gasteiger partial charge in [-0.05, 0) is 11.6 Å². The van der Waals surface area contributed by atoms with Crippen LogP contribution in [-0.4, -0.2) is 9.78 Å². The van der Waals surface area contributed by atoms with E-state index in [4.69, 9.17) is 0 Å². The second-order valence-corrected chi connectivity index (χ2v) is 4.98. The Morgan fingerprint density at radius 2 is 1.57 bits per heavy atom. The van der Waals surface area contributed by atoms with Crippen LogP contribution >= 0.6 is 0 Å². The molecule has 0 radical (unpaired) electrons. The van der Waals surface area contributed by atoms with E-state index >= 15 is 0 Å². The summed E-state index contributed by atoms with van der Waals surface area (Å²) in [6, 6.07) is 31.0. The van der Waals surface area contributed by atoms with Crippen LogP contribution in [0.2, 0.25) is 0 Å². The van der Waals surface area contributed by atoms with E-state index in [2.05, 4.69) is 53.6 Å². The molecular weight excluding hydrogens is 324 g/mol. The summed E-state index contributed by atoms with van der Waals surface area (Å²) in [5, 5.41) is 4.37. The predicted molar refractivity (Wildman–Crippen MR) is 90.0 cm³/mol. The van der Waals surface area contributed by atoms with Crippen LogP contribution in [-0.2, 0) is 17.1 Å². The zero-order chi connectivity index (χ0) is 15.0. The van der Waals surface area contributed by atoms with E-state index in [0.717, 1.165) is 0 Å². The molecule has 1 unspecified atom stereocenters. The summed E-state index contributed by atoms with van der Waals surface area (Å²) in [5.41, 5.74) is 2.52. The van der Waals surface area contributed by atoms with E-state index in [1.165, 1.54) is 11.1 Å². The average Bonchev–Trinajstić information content (AvgIpc) is 3.34. The normalized spacial score (nSPS) is 11.0. The van der Waals surface area contributed by atoms with Crippen molar-refractivity contribution < 1.29 is 17.1 Å². The first-order chi connectivity index (χ1) is 10.9. The Morgan fingerprint density at radius 3 is 2.09 bits per heavy atom. The van der Waals surface area contributed by atoms with Gasteiger partial charge in [0.25, 0.3) is 0 Å². The van der Waals surface area contributed by atoms with Crippen molar-refractivity contribution in [3.8, 4) is 0 Å². The number of hydrogen-bond acceptors (Lipinski definition) is 1. The van der Waals surface area contributed by atoms with Gasteiger partial charge in [0, 0.05) is 12.4 Å². The molecule has 3 aromatic carbocycles. The summed E-state index contributed by atoms with van der Waals surface area (Å²) in [7, 11) is 0. The third-order valence-corrected chi connectivity index (χ3v) is 3.46. The Bertz CT molecular complexity index is 675. The van der Waals surface area contributed by atoms with Gasteiger partial charge in [0.1, 0.15) is 0 Å². The van der Waals surface area contributed by atoms with E-state index in [-0.39, 0.29) is 23.1 Å². The number of rotatable bonds is 3. The van der Waals surface area contributed by atoms with Crippen molar-refractivity contribution >= 4 is 0 Å². The van der Waals surface area contributed by atoms with Crippen LogP contribution in [0.5, 0.6) is 0 Å². The van der Waals surface area contributed by atoms with Gasteiger partial charge in [0.05, 0.1) is 6.04 Å². The summed E-state index contributed by atoms with van der Waals surface area (Å²) in [4.78, 5) is 0. The van der Waals surface area contributed by atoms with Crippen LogP contribution in [0.4, 0.5) is 0 Å². The zero-order valence-electron chi connectivity index (χ0n) is 12.6. The van der Waals surface area contributed by atoms with Crippen molar-refractivity contribution in [2.75, 3.05) is 0 Å². The Labute approximate surface area is 147 Å². The molecule has 0 bridgehead atoms. The van der Waals surface area contributed by atoms with Gasteiger partial charge in [-0.2, -0.15) is 35.4 Å². The number of hydrogen-bond donors (Lipinski definition) is 0. The molecule has 0 aliphatic carbocycles. The van der Waals surface area contributed by atoms with Gasteiger partial charge < -0.3 is 0 Å². The molecule has 1 aromatic heterocycles. The van der Waals surface area contributed by atoms with Crippen LogP contribution in [0.1, 0.15) is 17.2 Å². The maximum Gasteiger partial charge on any atom is 2.00 e. The van der Waals surface area contributed by atoms with E-state index in [1.807, 2.05) is 59.5 Å². The third kappa shape index (κ3) is 4.56. The molecule has 0 aliphatic rings. The number of benzene rings is 1. The molecule has 23 heavy (non-hydrogen) atoms. The first kappa shape index (κ1) is 17.0. The summed E-state index contributed by atoms with van der Waals surface area (Å²) < 4.78 is 1.99. The van der Waals surface area contributed by atoms with Crippen LogP contribution in [0.25, 0.3) is 0 Å². The van der Waals surface area contributed by atoms with Gasteiger partial charge in [0.15, 0.2) is 0 Å². The molecule has 1 atom stereocenters. The zero-order valence-corrected chi connectivity index (χ0v) is 13.7. The average molecular weight is 342 g/mol. The topological polar surface area (TPSA) is 17.8 Å². The molecule has 1 heterocycles. The minimum absolute atomic E-state index is 0. The van der Waals surface area contributed by atoms with E-state index in [9.17, 15) is 0 Å². The van der Waals surface area contributed by atoms with Crippen molar-refractivity contribution in [1.29, 1.82) is 0 Å². The third-order valence-electron chi connectivity index (χ3n) is 3.46. The van der Waals surface area contributed by atoms with Gasteiger partial charge in [-0.15, -0.1) is 5.56 Å². The molecule has 116 valence electrons. The Morgan fingerprint density at radius 1 is 0.870 bits per heavy atom. The van der Waals surface area contributed by atoms with E-state index in [0.29, 0.717) is 0 Å². The summed E-state index contributed by atoms with van der Waals surface area (Å²) in [6.45, 7) is 0. The fraction of sp³-hybridized carbons (Fsp3) is 0.0500. The molecule has 0 spiro atoms. The molecule has 3 heteroatoms. The van der Waals surface area contributed by atoms with Crippen molar-refractivity contribution in [1.82, 2.24) is 9.78 Å². The predicted octanol–water partition coefficient (Wildman–Crippen LogP) is 4.64. The minimum Gasteiger partial charge on any atom is -0.272 e. The van der Waals surface area contributed by atoms with Crippen molar-refractivity contribution in [3.05, 3.63) is 115 Å². The number of nitrogens with zero attached hydrogens (tertiary/aromatic N) is 2. The van der Waals surface area contributed by atoms with Gasteiger partial charge in [-0.25, -0.2) is 24.3 Å². The largest absolute Gasteiger partial charge is 2.00 e. The van der Waals surface area contributed by atoms with Gasteiger partial charge in [-0.1, -0.05) is 30.3 Å². The Hall–Kier alpha value is -2.35. The minimum atomic E-state index is 0. The van der Waals surface area contributed by atoms with E-state index in [1.54, 1.807) is 0 Å². The van der Waals surface area contributed by atoms with Crippen molar-refractivity contribution in [3.63, 3.8) is 0 Å². The van der Waals surface area contributed by atoms with Crippen molar-refractivity contribution in [2.45, 2.75) is 6.04 Å². The van der Waals surface area contributed by atoms with Gasteiger partial charge in [0.2, 0.25) is 0 Å². The second kappa shape index (κ2) is 8.94. The molecule has 2 nitrogen and oxygen atoms in total. The molecule has 0 amide bonds. The second-order valence-electron chi connectivity index (χ2n) is 4.98. The monoisotopic (exact) mass is 342 g/mol. The van der Waals surface area contributed by atoms with Gasteiger partial charge in [-0.3, -0.25) is 4.68 Å². The SMILES string of the molecule is [Fe+2].c1cc[cH-]c1.c1ccc(C([c-]2cccc2)n2cccn2)cc1. The van der Waals surface area contributed by atoms with Crippen LogP contribution in [0.3, 0.4) is 0 Å². The summed E-state index contributed by atoms with van der Waals surface area (Å²) in [5.74, 6) is 0. The summed E-state index contributed by atoms with van der Waals surface area (Å²) in [6.07, 6.45) is 3.82. The number of aromatic nitrogens is 2. The fourth-order valence-electron chi connectivity index (χ4n) is 2.46. The van der Waals surface area contributed by atoms with Crippen LogP contribution < -0.4 is 0 Å². The quantitative estimate of drug-likeness (QED) is 0.392. The van der Waals surface area contributed by atoms with Crippen LogP contribution in [0.15, 0.2) is 103 Å². The molecule has 4 rings (SSSR count). The maximum absolute atomic E-state index is 4.37. The van der Waals surface area contributed by atoms with Crippen molar-refractivity contribution in [2.24, 2.45) is 0 Å². The maximum atomic E-state index is 4.37. The first-order valence-electron chi connectivity index (χ1n) is 7.37. The summed E-state index contributed by atoms with van der Waals surface area (Å²) >= 11 is 0. The molecule has 0 aliphatic heterocycles. The molecular formula is C20H18FeN2. The Balaban J connectivity index is 0.000000276. The van der Waals surface area contributed by atoms with Gasteiger partial charge >= 0.3 is 17.1 Å². The molecule has 4 aromatic rings.